The lowest BCUT2D eigenvalue weighted by atomic mass is 10.1. The molecule has 28 heavy (non-hydrogen) atoms. The number of hydrogen-bond acceptors (Lipinski definition) is 5. The lowest BCUT2D eigenvalue weighted by Gasteiger charge is -2.33. The van der Waals surface area contributed by atoms with Crippen LogP contribution in [0.15, 0.2) is 51.7 Å². The van der Waals surface area contributed by atoms with Gasteiger partial charge in [-0.2, -0.15) is 0 Å². The molecule has 7 heteroatoms. The van der Waals surface area contributed by atoms with Crippen LogP contribution in [0.25, 0.3) is 11.0 Å². The Kier molecular flexibility index (Phi) is 5.15. The summed E-state index contributed by atoms with van der Waals surface area (Å²) in [4.78, 5) is 15.7. The molecule has 6 nitrogen and oxygen atoms in total. The Morgan fingerprint density at radius 2 is 1.89 bits per heavy atom. The fourth-order valence-corrected chi connectivity index (χ4v) is 3.87. The van der Waals surface area contributed by atoms with E-state index in [-0.39, 0.29) is 10.8 Å². The summed E-state index contributed by atoms with van der Waals surface area (Å²) >= 11 is 6.06. The fourth-order valence-electron chi connectivity index (χ4n) is 3.70. The molecule has 4 rings (SSSR count). The number of phenolic OH excluding ortho intramolecular Hbond substituents is 1. The minimum absolute atomic E-state index is 0.0880. The Hall–Kier alpha value is -2.70. The Labute approximate surface area is 167 Å². The number of methoxy groups -OCH3 is 1. The van der Waals surface area contributed by atoms with Gasteiger partial charge in [0.15, 0.2) is 0 Å². The van der Waals surface area contributed by atoms with Crippen molar-refractivity contribution in [1.29, 1.82) is 0 Å². The zero-order valence-electron chi connectivity index (χ0n) is 15.6. The van der Waals surface area contributed by atoms with Gasteiger partial charge in [0.2, 0.25) is 0 Å². The molecule has 0 aliphatic carbocycles. The predicted octanol–water partition coefficient (Wildman–Crippen LogP) is 2.07. The second-order valence-electron chi connectivity index (χ2n) is 7.00. The fraction of sp³-hybridized carbons (Fsp3) is 0.286. The normalized spacial score (nSPS) is 15.1. The van der Waals surface area contributed by atoms with Crippen molar-refractivity contribution >= 4 is 28.3 Å². The molecule has 3 aromatic rings. The van der Waals surface area contributed by atoms with Crippen LogP contribution >= 0.6 is 11.6 Å². The van der Waals surface area contributed by atoms with Crippen LogP contribution < -0.4 is 20.2 Å². The van der Waals surface area contributed by atoms with Crippen LogP contribution in [-0.4, -0.2) is 38.4 Å². The van der Waals surface area contributed by atoms with E-state index in [4.69, 9.17) is 20.8 Å². The molecule has 0 bridgehead atoms. The number of halogens is 1. The Morgan fingerprint density at radius 1 is 1.18 bits per heavy atom. The van der Waals surface area contributed by atoms with Crippen molar-refractivity contribution in [2.24, 2.45) is 0 Å². The number of quaternary nitrogens is 1. The number of aromatic hydroxyl groups is 1. The lowest BCUT2D eigenvalue weighted by Crippen LogP contribution is -3.13. The van der Waals surface area contributed by atoms with E-state index in [0.717, 1.165) is 42.9 Å². The summed E-state index contributed by atoms with van der Waals surface area (Å²) in [7, 11) is 1.67. The first-order valence-corrected chi connectivity index (χ1v) is 9.59. The molecule has 0 atom stereocenters. The molecule has 2 aromatic carbocycles. The van der Waals surface area contributed by atoms with E-state index in [1.807, 2.05) is 12.1 Å². The lowest BCUT2D eigenvalue weighted by molar-refractivity contribution is -0.914. The molecule has 0 spiro atoms. The third-order valence-corrected chi connectivity index (χ3v) is 5.55. The monoisotopic (exact) mass is 401 g/mol. The van der Waals surface area contributed by atoms with Crippen LogP contribution in [0.2, 0.25) is 5.02 Å². The summed E-state index contributed by atoms with van der Waals surface area (Å²) in [5, 5.41) is 10.8. The number of nitrogens with zero attached hydrogens (tertiary/aromatic N) is 1. The topological polar surface area (TPSA) is 67.4 Å². The summed E-state index contributed by atoms with van der Waals surface area (Å²) in [6, 6.07) is 12.7. The number of anilines is 1. The number of fused-ring (bicyclic) bond motifs is 1. The molecular weight excluding hydrogens is 380 g/mol. The van der Waals surface area contributed by atoms with Crippen LogP contribution in [-0.2, 0) is 6.54 Å². The Morgan fingerprint density at radius 3 is 2.57 bits per heavy atom. The molecule has 0 unspecified atom stereocenters. The molecule has 1 fully saturated rings. The van der Waals surface area contributed by atoms with Crippen LogP contribution in [0.4, 0.5) is 5.69 Å². The standard InChI is InChI=1S/C21H21ClN2O4/c1-27-16-4-2-15(3-5-16)24-8-6-23(7-9-24)13-14-10-21(26)28-20-12-19(25)18(22)11-17(14)20/h2-5,10-12,25H,6-9,13H2,1H3/p+1. The Balaban J connectivity index is 1.49. The van der Waals surface area contributed by atoms with Crippen molar-refractivity contribution in [2.75, 3.05) is 38.2 Å². The van der Waals surface area contributed by atoms with Gasteiger partial charge in [0.1, 0.15) is 23.6 Å². The van der Waals surface area contributed by atoms with Crippen LogP contribution in [0.5, 0.6) is 11.5 Å². The SMILES string of the molecule is COc1ccc(N2CC[NH+](Cc3cc(=O)oc4cc(O)c(Cl)cc34)CC2)cc1. The molecule has 146 valence electrons. The van der Waals surface area contributed by atoms with E-state index in [2.05, 4.69) is 17.0 Å². The van der Waals surface area contributed by atoms with Gasteiger partial charge in [0.05, 0.1) is 38.3 Å². The van der Waals surface area contributed by atoms with Crippen LogP contribution in [0, 0.1) is 0 Å². The molecule has 2 N–H and O–H groups in total. The summed E-state index contributed by atoms with van der Waals surface area (Å²) in [5.41, 5.74) is 2.02. The Bertz CT molecular complexity index is 1040. The molecule has 1 aromatic heterocycles. The van der Waals surface area contributed by atoms with E-state index in [0.29, 0.717) is 12.1 Å². The van der Waals surface area contributed by atoms with Crippen molar-refractivity contribution in [2.45, 2.75) is 6.54 Å². The smallest absolute Gasteiger partial charge is 0.336 e. The average Bonchev–Trinajstić information content (AvgIpc) is 2.70. The highest BCUT2D eigenvalue weighted by molar-refractivity contribution is 6.32. The van der Waals surface area contributed by atoms with Gasteiger partial charge in [-0.25, -0.2) is 4.79 Å². The molecule has 0 saturated carbocycles. The molecule has 1 aliphatic rings. The maximum atomic E-state index is 11.9. The minimum Gasteiger partial charge on any atom is -0.506 e. The number of rotatable bonds is 4. The van der Waals surface area contributed by atoms with Gasteiger partial charge in [-0.1, -0.05) is 11.6 Å². The van der Waals surface area contributed by atoms with E-state index < -0.39 is 5.63 Å². The van der Waals surface area contributed by atoms with E-state index in [1.54, 1.807) is 13.2 Å². The molecule has 2 heterocycles. The van der Waals surface area contributed by atoms with Gasteiger partial charge in [-0.05, 0) is 30.3 Å². The molecular formula is C21H22ClN2O4+. The first-order chi connectivity index (χ1) is 13.5. The van der Waals surface area contributed by atoms with Crippen molar-refractivity contribution in [3.05, 3.63) is 63.5 Å². The summed E-state index contributed by atoms with van der Waals surface area (Å²) in [6.45, 7) is 4.49. The number of piperazine rings is 1. The third-order valence-electron chi connectivity index (χ3n) is 5.25. The minimum atomic E-state index is -0.416. The van der Waals surface area contributed by atoms with Gasteiger partial charge in [0, 0.05) is 28.8 Å². The summed E-state index contributed by atoms with van der Waals surface area (Å²) in [5.74, 6) is 0.766. The predicted molar refractivity (Wildman–Crippen MR) is 109 cm³/mol. The second kappa shape index (κ2) is 7.73. The van der Waals surface area contributed by atoms with Gasteiger partial charge in [-0.15, -0.1) is 0 Å². The van der Waals surface area contributed by atoms with Gasteiger partial charge in [-0.3, -0.25) is 0 Å². The van der Waals surface area contributed by atoms with E-state index in [1.165, 1.54) is 22.7 Å². The molecule has 0 amide bonds. The number of benzene rings is 2. The average molecular weight is 402 g/mol. The van der Waals surface area contributed by atoms with Crippen LogP contribution in [0.3, 0.4) is 0 Å². The number of phenols is 1. The maximum Gasteiger partial charge on any atom is 0.336 e. The molecule has 0 radical (unpaired) electrons. The largest absolute Gasteiger partial charge is 0.506 e. The summed E-state index contributed by atoms with van der Waals surface area (Å²) < 4.78 is 10.4. The quantitative estimate of drug-likeness (QED) is 0.655. The number of nitrogens with one attached hydrogen (secondary N) is 1. The maximum absolute atomic E-state index is 11.9. The molecule has 1 saturated heterocycles. The van der Waals surface area contributed by atoms with E-state index in [9.17, 15) is 9.90 Å². The van der Waals surface area contributed by atoms with Crippen molar-refractivity contribution < 1.29 is 19.2 Å². The highest BCUT2D eigenvalue weighted by Crippen LogP contribution is 2.29. The van der Waals surface area contributed by atoms with Crippen LogP contribution in [0.1, 0.15) is 5.56 Å². The highest BCUT2D eigenvalue weighted by atomic mass is 35.5. The van der Waals surface area contributed by atoms with Gasteiger partial charge in [0.25, 0.3) is 0 Å². The number of ether oxygens (including phenoxy) is 1. The third kappa shape index (κ3) is 3.79. The van der Waals surface area contributed by atoms with Crippen molar-refractivity contribution in [3.63, 3.8) is 0 Å². The summed E-state index contributed by atoms with van der Waals surface area (Å²) in [6.07, 6.45) is 0. The van der Waals surface area contributed by atoms with Gasteiger partial charge >= 0.3 is 5.63 Å². The highest BCUT2D eigenvalue weighted by Gasteiger charge is 2.22. The van der Waals surface area contributed by atoms with Gasteiger partial charge < -0.3 is 24.1 Å². The molecule has 1 aliphatic heterocycles. The zero-order valence-corrected chi connectivity index (χ0v) is 16.3. The zero-order chi connectivity index (χ0) is 19.7. The van der Waals surface area contributed by atoms with Crippen molar-refractivity contribution in [3.8, 4) is 11.5 Å². The first-order valence-electron chi connectivity index (χ1n) is 9.21. The van der Waals surface area contributed by atoms with E-state index >= 15 is 0 Å². The second-order valence-corrected chi connectivity index (χ2v) is 7.41. The first kappa shape index (κ1) is 18.7. The van der Waals surface area contributed by atoms with Crippen molar-refractivity contribution in [1.82, 2.24) is 0 Å². The number of hydrogen-bond donors (Lipinski definition) is 2.